The highest BCUT2D eigenvalue weighted by Gasteiger charge is 2.20. The van der Waals surface area contributed by atoms with Crippen molar-refractivity contribution in [3.63, 3.8) is 0 Å². The van der Waals surface area contributed by atoms with Crippen molar-refractivity contribution in [1.82, 2.24) is 9.55 Å². The van der Waals surface area contributed by atoms with E-state index in [9.17, 15) is 4.79 Å². The Hall–Kier alpha value is -2.66. The quantitative estimate of drug-likeness (QED) is 0.728. The Balaban J connectivity index is 1.99. The second-order valence-corrected chi connectivity index (χ2v) is 6.00. The zero-order valence-electron chi connectivity index (χ0n) is 13.6. The summed E-state index contributed by atoms with van der Waals surface area (Å²) < 4.78 is 7.16. The summed E-state index contributed by atoms with van der Waals surface area (Å²) in [6.07, 6.45) is 0. The minimum Gasteiger partial charge on any atom is -0.378 e. The van der Waals surface area contributed by atoms with Crippen LogP contribution in [0.15, 0.2) is 53.3 Å². The fraction of sp³-hybridized carbons (Fsp3) is 0.263. The summed E-state index contributed by atoms with van der Waals surface area (Å²) in [7, 11) is 0. The monoisotopic (exact) mass is 321 g/mol. The van der Waals surface area contributed by atoms with Crippen LogP contribution in [0.4, 0.5) is 5.95 Å². The first-order valence-electron chi connectivity index (χ1n) is 8.15. The average molecular weight is 321 g/mol. The molecule has 1 aliphatic heterocycles. The molecule has 0 spiro atoms. The van der Waals surface area contributed by atoms with Crippen LogP contribution in [0.5, 0.6) is 0 Å². The molecule has 2 aromatic carbocycles. The smallest absolute Gasteiger partial charge is 0.267 e. The number of morpholine rings is 1. The highest BCUT2D eigenvalue weighted by molar-refractivity contribution is 5.79. The van der Waals surface area contributed by atoms with Crippen LogP contribution in [-0.2, 0) is 4.74 Å². The van der Waals surface area contributed by atoms with Crippen LogP contribution in [0.1, 0.15) is 5.56 Å². The molecular formula is C19H19N3O2. The summed E-state index contributed by atoms with van der Waals surface area (Å²) in [5.74, 6) is 0.686. The molecular weight excluding hydrogens is 302 g/mol. The third-order valence-electron chi connectivity index (χ3n) is 4.34. The maximum Gasteiger partial charge on any atom is 0.267 e. The number of rotatable bonds is 2. The van der Waals surface area contributed by atoms with Crippen molar-refractivity contribution in [2.24, 2.45) is 0 Å². The highest BCUT2D eigenvalue weighted by atomic mass is 16.5. The number of aromatic nitrogens is 2. The second-order valence-electron chi connectivity index (χ2n) is 6.00. The van der Waals surface area contributed by atoms with Gasteiger partial charge in [0.25, 0.3) is 5.56 Å². The summed E-state index contributed by atoms with van der Waals surface area (Å²) in [5, 5.41) is 0.634. The molecule has 1 aromatic heterocycles. The van der Waals surface area contributed by atoms with E-state index in [4.69, 9.17) is 9.72 Å². The number of para-hydroxylation sites is 1. The summed E-state index contributed by atoms with van der Waals surface area (Å²) in [6, 6.07) is 15.5. The summed E-state index contributed by atoms with van der Waals surface area (Å²) in [5.41, 5.74) is 2.69. The van der Waals surface area contributed by atoms with Crippen molar-refractivity contribution >= 4 is 16.9 Å². The lowest BCUT2D eigenvalue weighted by atomic mass is 10.2. The second kappa shape index (κ2) is 6.09. The Labute approximate surface area is 140 Å². The fourth-order valence-electron chi connectivity index (χ4n) is 3.02. The van der Waals surface area contributed by atoms with Gasteiger partial charge in [0.1, 0.15) is 0 Å². The first-order valence-corrected chi connectivity index (χ1v) is 8.15. The predicted octanol–water partition coefficient (Wildman–Crippen LogP) is 2.53. The SMILES string of the molecule is Cc1ccc(-n2c(N3CCOCC3)nc3ccccc3c2=O)cc1. The van der Waals surface area contributed by atoms with E-state index in [1.54, 1.807) is 4.57 Å². The Kier molecular flexibility index (Phi) is 3.78. The van der Waals surface area contributed by atoms with Gasteiger partial charge in [-0.25, -0.2) is 9.55 Å². The van der Waals surface area contributed by atoms with Crippen molar-refractivity contribution in [3.05, 3.63) is 64.4 Å². The number of benzene rings is 2. The molecule has 1 fully saturated rings. The average Bonchev–Trinajstić information content (AvgIpc) is 2.63. The lowest BCUT2D eigenvalue weighted by molar-refractivity contribution is 0.122. The molecule has 5 nitrogen and oxygen atoms in total. The number of hydrogen-bond acceptors (Lipinski definition) is 4. The van der Waals surface area contributed by atoms with Gasteiger partial charge in [-0.3, -0.25) is 4.79 Å². The van der Waals surface area contributed by atoms with Crippen LogP contribution in [0.25, 0.3) is 16.6 Å². The first-order chi connectivity index (χ1) is 11.7. The normalized spacial score (nSPS) is 15.0. The predicted molar refractivity (Wildman–Crippen MR) is 95.1 cm³/mol. The zero-order valence-corrected chi connectivity index (χ0v) is 13.6. The van der Waals surface area contributed by atoms with Gasteiger partial charge >= 0.3 is 0 Å². The van der Waals surface area contributed by atoms with Crippen LogP contribution >= 0.6 is 0 Å². The van der Waals surface area contributed by atoms with E-state index in [0.29, 0.717) is 24.5 Å². The number of fused-ring (bicyclic) bond motifs is 1. The van der Waals surface area contributed by atoms with Gasteiger partial charge in [-0.1, -0.05) is 29.8 Å². The molecule has 0 N–H and O–H groups in total. The molecule has 5 heteroatoms. The van der Waals surface area contributed by atoms with E-state index in [-0.39, 0.29) is 5.56 Å². The highest BCUT2D eigenvalue weighted by Crippen LogP contribution is 2.20. The lowest BCUT2D eigenvalue weighted by Gasteiger charge is -2.29. The number of anilines is 1. The van der Waals surface area contributed by atoms with Gasteiger partial charge in [0.2, 0.25) is 5.95 Å². The van der Waals surface area contributed by atoms with Gasteiger partial charge in [-0.05, 0) is 31.2 Å². The molecule has 2 heterocycles. The standard InChI is InChI=1S/C19H19N3O2/c1-14-6-8-15(9-7-14)22-18(23)16-4-2-3-5-17(16)20-19(22)21-10-12-24-13-11-21/h2-9H,10-13H2,1H3. The molecule has 0 amide bonds. The Morgan fingerprint density at radius 2 is 1.71 bits per heavy atom. The number of aryl methyl sites for hydroxylation is 1. The lowest BCUT2D eigenvalue weighted by Crippen LogP contribution is -2.40. The third kappa shape index (κ3) is 2.57. The summed E-state index contributed by atoms with van der Waals surface area (Å²) >= 11 is 0. The molecule has 0 atom stereocenters. The van der Waals surface area contributed by atoms with E-state index >= 15 is 0 Å². The van der Waals surface area contributed by atoms with E-state index in [1.165, 1.54) is 0 Å². The molecule has 0 radical (unpaired) electrons. The molecule has 0 saturated carbocycles. The largest absolute Gasteiger partial charge is 0.378 e. The third-order valence-corrected chi connectivity index (χ3v) is 4.34. The summed E-state index contributed by atoms with van der Waals surface area (Å²) in [6.45, 7) is 4.80. The van der Waals surface area contributed by atoms with Crippen LogP contribution in [0, 0.1) is 6.92 Å². The van der Waals surface area contributed by atoms with Gasteiger partial charge in [0, 0.05) is 13.1 Å². The van der Waals surface area contributed by atoms with Crippen molar-refractivity contribution < 1.29 is 4.74 Å². The topological polar surface area (TPSA) is 47.4 Å². The molecule has 0 aliphatic carbocycles. The van der Waals surface area contributed by atoms with Gasteiger partial charge < -0.3 is 9.64 Å². The number of nitrogens with zero attached hydrogens (tertiary/aromatic N) is 3. The Bertz CT molecular complexity index is 925. The zero-order chi connectivity index (χ0) is 16.5. The maximum atomic E-state index is 13.1. The molecule has 0 unspecified atom stereocenters. The number of ether oxygens (including phenoxy) is 1. The van der Waals surface area contributed by atoms with Gasteiger partial charge in [-0.2, -0.15) is 0 Å². The Morgan fingerprint density at radius 1 is 1.00 bits per heavy atom. The minimum absolute atomic E-state index is 0.0362. The minimum atomic E-state index is -0.0362. The van der Waals surface area contributed by atoms with E-state index in [1.807, 2.05) is 55.5 Å². The van der Waals surface area contributed by atoms with Crippen molar-refractivity contribution in [2.75, 3.05) is 31.2 Å². The van der Waals surface area contributed by atoms with Crippen molar-refractivity contribution in [1.29, 1.82) is 0 Å². The van der Waals surface area contributed by atoms with Crippen LogP contribution in [0.3, 0.4) is 0 Å². The molecule has 24 heavy (non-hydrogen) atoms. The van der Waals surface area contributed by atoms with E-state index in [0.717, 1.165) is 29.9 Å². The van der Waals surface area contributed by atoms with Crippen molar-refractivity contribution in [3.8, 4) is 5.69 Å². The van der Waals surface area contributed by atoms with Gasteiger partial charge in [0.15, 0.2) is 0 Å². The molecule has 4 rings (SSSR count). The van der Waals surface area contributed by atoms with Crippen LogP contribution < -0.4 is 10.5 Å². The molecule has 0 bridgehead atoms. The fourth-order valence-corrected chi connectivity index (χ4v) is 3.02. The molecule has 3 aromatic rings. The molecule has 122 valence electrons. The molecule has 1 saturated heterocycles. The van der Waals surface area contributed by atoms with E-state index < -0.39 is 0 Å². The first kappa shape index (κ1) is 14.9. The summed E-state index contributed by atoms with van der Waals surface area (Å²) in [4.78, 5) is 20.1. The van der Waals surface area contributed by atoms with Crippen LogP contribution in [0.2, 0.25) is 0 Å². The van der Waals surface area contributed by atoms with Gasteiger partial charge in [-0.15, -0.1) is 0 Å². The van der Waals surface area contributed by atoms with Crippen molar-refractivity contribution in [2.45, 2.75) is 6.92 Å². The number of hydrogen-bond donors (Lipinski definition) is 0. The van der Waals surface area contributed by atoms with Gasteiger partial charge in [0.05, 0.1) is 29.8 Å². The van der Waals surface area contributed by atoms with Crippen LogP contribution in [-0.4, -0.2) is 35.9 Å². The molecule has 1 aliphatic rings. The van der Waals surface area contributed by atoms with E-state index in [2.05, 4.69) is 4.90 Å². The Morgan fingerprint density at radius 3 is 2.46 bits per heavy atom. The maximum absolute atomic E-state index is 13.1.